The van der Waals surface area contributed by atoms with Crippen LogP contribution in [0.4, 0.5) is 0 Å². The Kier molecular flexibility index (Phi) is 5.71. The summed E-state index contributed by atoms with van der Waals surface area (Å²) >= 11 is 7.88. The molecule has 1 aliphatic heterocycles. The highest BCUT2D eigenvalue weighted by molar-refractivity contribution is 7.99. The summed E-state index contributed by atoms with van der Waals surface area (Å²) in [6, 6.07) is -0.0689. The van der Waals surface area contributed by atoms with Gasteiger partial charge >= 0.3 is 5.97 Å². The van der Waals surface area contributed by atoms with E-state index in [9.17, 15) is 4.79 Å². The molecule has 29 heavy (non-hydrogen) atoms. The molecule has 0 unspecified atom stereocenters. The summed E-state index contributed by atoms with van der Waals surface area (Å²) in [7, 11) is 0. The van der Waals surface area contributed by atoms with Gasteiger partial charge in [0.1, 0.15) is 6.61 Å². The van der Waals surface area contributed by atoms with E-state index in [-0.39, 0.29) is 41.5 Å². The number of nitrogens with zero attached hydrogens (tertiary/aromatic N) is 5. The molecular formula is C18H24ClN5O4S. The minimum absolute atomic E-state index is 0.0689. The summed E-state index contributed by atoms with van der Waals surface area (Å²) in [5.74, 6) is 0.0183. The second-order valence-electron chi connectivity index (χ2n) is 8.11. The molecular weight excluding hydrogens is 418 g/mol. The molecule has 2 aromatic heterocycles. The molecule has 4 atom stereocenters. The summed E-state index contributed by atoms with van der Waals surface area (Å²) < 4.78 is 13.7. The summed E-state index contributed by atoms with van der Waals surface area (Å²) in [4.78, 5) is 20.0. The van der Waals surface area contributed by atoms with Crippen LogP contribution < -0.4 is 0 Å². The Bertz CT molecular complexity index is 923. The number of carbonyl (C=O) groups is 1. The molecule has 0 aromatic carbocycles. The Balaban J connectivity index is 1.68. The molecule has 9 nitrogen and oxygen atoms in total. The van der Waals surface area contributed by atoms with Gasteiger partial charge in [-0.05, 0) is 33.1 Å². The molecule has 0 spiro atoms. The number of rotatable bonds is 7. The number of thioether (sulfide) groups is 1. The molecule has 158 valence electrons. The molecule has 0 bridgehead atoms. The van der Waals surface area contributed by atoms with Crippen LogP contribution in [-0.4, -0.2) is 66.2 Å². The maximum atomic E-state index is 11.0. The van der Waals surface area contributed by atoms with Crippen molar-refractivity contribution >= 4 is 40.5 Å². The first-order valence-corrected chi connectivity index (χ1v) is 11.1. The second kappa shape index (κ2) is 7.98. The number of hydrogen-bond acceptors (Lipinski definition) is 8. The third-order valence-electron chi connectivity index (χ3n) is 5.37. The molecule has 4 rings (SSSR count). The van der Waals surface area contributed by atoms with E-state index in [0.29, 0.717) is 22.7 Å². The number of hydrogen-bond donors (Lipinski definition) is 1. The Labute approximate surface area is 177 Å². The lowest BCUT2D eigenvalue weighted by Gasteiger charge is -2.24. The van der Waals surface area contributed by atoms with Crippen LogP contribution in [0.25, 0.3) is 11.2 Å². The number of aromatic nitrogens is 5. The van der Waals surface area contributed by atoms with E-state index in [1.807, 2.05) is 13.8 Å². The van der Waals surface area contributed by atoms with Crippen molar-refractivity contribution < 1.29 is 19.4 Å². The zero-order valence-electron chi connectivity index (χ0n) is 16.5. The van der Waals surface area contributed by atoms with Gasteiger partial charge in [-0.2, -0.15) is 0 Å². The second-order valence-corrected chi connectivity index (χ2v) is 9.53. The van der Waals surface area contributed by atoms with Crippen LogP contribution in [0.3, 0.4) is 0 Å². The molecule has 1 N–H and O–H groups in total. The van der Waals surface area contributed by atoms with Crippen molar-refractivity contribution in [3.8, 4) is 0 Å². The molecule has 2 aliphatic rings. The van der Waals surface area contributed by atoms with Crippen LogP contribution >= 0.6 is 23.4 Å². The van der Waals surface area contributed by atoms with E-state index >= 15 is 0 Å². The van der Waals surface area contributed by atoms with E-state index in [2.05, 4.69) is 27.2 Å². The van der Waals surface area contributed by atoms with Crippen molar-refractivity contribution in [3.63, 3.8) is 0 Å². The minimum atomic E-state index is -0.995. The molecule has 1 saturated carbocycles. The van der Waals surface area contributed by atoms with Gasteiger partial charge in [-0.3, -0.25) is 0 Å². The largest absolute Gasteiger partial charge is 0.480 e. The molecule has 11 heteroatoms. The lowest BCUT2D eigenvalue weighted by atomic mass is 9.92. The third-order valence-corrected chi connectivity index (χ3v) is 6.69. The van der Waals surface area contributed by atoms with Crippen LogP contribution in [0.2, 0.25) is 5.15 Å². The Hall–Kier alpha value is -1.49. The van der Waals surface area contributed by atoms with E-state index in [4.69, 9.17) is 26.2 Å². The summed E-state index contributed by atoms with van der Waals surface area (Å²) in [6.07, 6.45) is 1.87. The quantitative estimate of drug-likeness (QED) is 0.393. The van der Waals surface area contributed by atoms with Crippen LogP contribution in [0.5, 0.6) is 0 Å². The number of halogens is 1. The first kappa shape index (κ1) is 20.8. The SMILES string of the molecule is CCCSc1nc(Cl)c2nnn([C@@H]3C[C@H](OCC(=O)O)[C@H]4OC(C)(C)C[C@H]43)c2n1. The van der Waals surface area contributed by atoms with Crippen molar-refractivity contribution in [1.82, 2.24) is 25.0 Å². The monoisotopic (exact) mass is 441 g/mol. The van der Waals surface area contributed by atoms with E-state index in [1.165, 1.54) is 0 Å². The lowest BCUT2D eigenvalue weighted by Crippen LogP contribution is -2.31. The predicted molar refractivity (Wildman–Crippen MR) is 107 cm³/mol. The number of carboxylic acids is 1. The van der Waals surface area contributed by atoms with Crippen molar-refractivity contribution in [2.75, 3.05) is 12.4 Å². The van der Waals surface area contributed by atoms with Crippen molar-refractivity contribution in [1.29, 1.82) is 0 Å². The lowest BCUT2D eigenvalue weighted by molar-refractivity contribution is -0.149. The van der Waals surface area contributed by atoms with Gasteiger partial charge in [0.2, 0.25) is 0 Å². The van der Waals surface area contributed by atoms with Gasteiger partial charge in [0.05, 0.1) is 23.9 Å². The number of carboxylic acid groups (broad SMARTS) is 1. The molecule has 2 aromatic rings. The average Bonchev–Trinajstić information content (AvgIpc) is 3.29. The fourth-order valence-corrected chi connectivity index (χ4v) is 5.27. The van der Waals surface area contributed by atoms with Gasteiger partial charge in [0.15, 0.2) is 21.5 Å². The van der Waals surface area contributed by atoms with E-state index in [0.717, 1.165) is 18.6 Å². The van der Waals surface area contributed by atoms with Gasteiger partial charge in [-0.1, -0.05) is 35.5 Å². The highest BCUT2D eigenvalue weighted by Crippen LogP contribution is 2.50. The zero-order chi connectivity index (χ0) is 20.8. The van der Waals surface area contributed by atoms with Crippen LogP contribution in [-0.2, 0) is 14.3 Å². The van der Waals surface area contributed by atoms with Crippen LogP contribution in [0, 0.1) is 5.92 Å². The molecule has 0 radical (unpaired) electrons. The summed E-state index contributed by atoms with van der Waals surface area (Å²) in [6.45, 7) is 5.81. The molecule has 1 aliphatic carbocycles. The van der Waals surface area contributed by atoms with Gasteiger partial charge in [-0.15, -0.1) is 5.10 Å². The van der Waals surface area contributed by atoms with E-state index < -0.39 is 5.97 Å². The Morgan fingerprint density at radius 2 is 2.24 bits per heavy atom. The Morgan fingerprint density at radius 3 is 2.97 bits per heavy atom. The maximum absolute atomic E-state index is 11.0. The maximum Gasteiger partial charge on any atom is 0.329 e. The fourth-order valence-electron chi connectivity index (χ4n) is 4.32. The normalized spacial score (nSPS) is 28.1. The van der Waals surface area contributed by atoms with Crippen molar-refractivity contribution in [3.05, 3.63) is 5.15 Å². The number of aliphatic carboxylic acids is 1. The molecule has 3 heterocycles. The molecule has 0 amide bonds. The van der Waals surface area contributed by atoms with Crippen LogP contribution in [0.15, 0.2) is 5.16 Å². The fraction of sp³-hybridized carbons (Fsp3) is 0.722. The average molecular weight is 442 g/mol. The van der Waals surface area contributed by atoms with Gasteiger partial charge in [0, 0.05) is 11.7 Å². The molecule has 1 saturated heterocycles. The highest BCUT2D eigenvalue weighted by atomic mass is 35.5. The van der Waals surface area contributed by atoms with E-state index in [1.54, 1.807) is 16.4 Å². The third kappa shape index (κ3) is 4.08. The smallest absolute Gasteiger partial charge is 0.329 e. The van der Waals surface area contributed by atoms with Gasteiger partial charge in [0.25, 0.3) is 0 Å². The molecule has 2 fully saturated rings. The number of ether oxygens (including phenoxy) is 2. The summed E-state index contributed by atoms with van der Waals surface area (Å²) in [5, 5.41) is 18.4. The first-order valence-electron chi connectivity index (χ1n) is 9.71. The highest BCUT2D eigenvalue weighted by Gasteiger charge is 2.54. The first-order chi connectivity index (χ1) is 13.8. The topological polar surface area (TPSA) is 112 Å². The van der Waals surface area contributed by atoms with Gasteiger partial charge in [-0.25, -0.2) is 19.4 Å². The standard InChI is InChI=1S/C18H24ClN5O4S/c1-4-5-29-17-20-15(19)13-16(21-17)24(23-22-13)10-6-11(27-8-12(25)26)14-9(10)7-18(2,3)28-14/h9-11,14H,4-8H2,1-3H3,(H,25,26)/t9-,10+,11-,14-/m0/s1. The van der Waals surface area contributed by atoms with Crippen molar-refractivity contribution in [2.45, 2.75) is 69.0 Å². The zero-order valence-corrected chi connectivity index (χ0v) is 18.1. The summed E-state index contributed by atoms with van der Waals surface area (Å²) in [5.41, 5.74) is 0.748. The van der Waals surface area contributed by atoms with Crippen LogP contribution in [0.1, 0.15) is 46.1 Å². The minimum Gasteiger partial charge on any atom is -0.480 e. The van der Waals surface area contributed by atoms with Crippen molar-refractivity contribution in [2.24, 2.45) is 5.92 Å². The number of fused-ring (bicyclic) bond motifs is 2. The predicted octanol–water partition coefficient (Wildman–Crippen LogP) is 2.98. The van der Waals surface area contributed by atoms with Gasteiger partial charge < -0.3 is 14.6 Å². The Morgan fingerprint density at radius 1 is 1.45 bits per heavy atom.